The van der Waals surface area contributed by atoms with Gasteiger partial charge in [-0.15, -0.1) is 0 Å². The summed E-state index contributed by atoms with van der Waals surface area (Å²) in [5, 5.41) is 0. The zero-order valence-corrected chi connectivity index (χ0v) is 13.4. The average molecular weight is 280 g/mol. The van der Waals surface area contributed by atoms with Crippen LogP contribution in [0.4, 0.5) is 4.79 Å². The first-order valence-corrected chi connectivity index (χ1v) is 6.75. The molecule has 1 unspecified atom stereocenters. The normalized spacial score (nSPS) is 12.9. The largest absolute Gasteiger partial charge is 0.508 e. The molecule has 1 heterocycles. The number of rotatable bonds is 3. The van der Waals surface area contributed by atoms with Crippen molar-refractivity contribution in [1.29, 1.82) is 0 Å². The Morgan fingerprint density at radius 2 is 1.65 bits per heavy atom. The molecule has 0 radical (unpaired) electrons. The molecule has 0 aromatic carbocycles. The highest BCUT2D eigenvalue weighted by Gasteiger charge is 2.24. The first-order chi connectivity index (χ1) is 9.11. The van der Waals surface area contributed by atoms with E-state index in [4.69, 9.17) is 9.47 Å². The number of carbonyl (C=O) groups excluding carboxylic acids is 1. The van der Waals surface area contributed by atoms with Crippen LogP contribution in [0.3, 0.4) is 0 Å². The summed E-state index contributed by atoms with van der Waals surface area (Å²) >= 11 is 0. The van der Waals surface area contributed by atoms with Gasteiger partial charge in [0.05, 0.1) is 22.8 Å². The Kier molecular flexibility index (Phi) is 5.09. The third-order valence-corrected chi connectivity index (χ3v) is 3.40. The van der Waals surface area contributed by atoms with Crippen molar-refractivity contribution < 1.29 is 14.3 Å². The van der Waals surface area contributed by atoms with E-state index < -0.39 is 6.16 Å². The van der Waals surface area contributed by atoms with Crippen LogP contribution in [0, 0.1) is 26.2 Å². The number of aromatic nitrogens is 2. The Hall–Kier alpha value is -1.65. The van der Waals surface area contributed by atoms with Crippen LogP contribution in [0.25, 0.3) is 0 Å². The van der Waals surface area contributed by atoms with E-state index in [0.717, 1.165) is 17.1 Å². The molecular formula is C15H24N2O3. The summed E-state index contributed by atoms with van der Waals surface area (Å²) in [7, 11) is 0. The highest BCUT2D eigenvalue weighted by atomic mass is 16.7. The van der Waals surface area contributed by atoms with Crippen molar-refractivity contribution in [2.75, 3.05) is 0 Å². The van der Waals surface area contributed by atoms with Crippen LogP contribution >= 0.6 is 0 Å². The molecule has 1 aromatic rings. The molecule has 0 saturated carbocycles. The zero-order chi connectivity index (χ0) is 15.5. The molecule has 5 heteroatoms. The van der Waals surface area contributed by atoms with Crippen LogP contribution in [-0.2, 0) is 16.1 Å². The van der Waals surface area contributed by atoms with Crippen LogP contribution in [0.1, 0.15) is 50.5 Å². The van der Waals surface area contributed by atoms with Crippen molar-refractivity contribution in [2.24, 2.45) is 5.41 Å². The fraction of sp³-hybridized carbons (Fsp3) is 0.667. The summed E-state index contributed by atoms with van der Waals surface area (Å²) in [6.45, 7) is 13.6. The Labute approximate surface area is 120 Å². The predicted octanol–water partition coefficient (Wildman–Crippen LogP) is 3.49. The predicted molar refractivity (Wildman–Crippen MR) is 76.4 cm³/mol. The third-order valence-electron chi connectivity index (χ3n) is 3.40. The number of ether oxygens (including phenoxy) is 2. The van der Waals surface area contributed by atoms with E-state index >= 15 is 0 Å². The molecule has 0 N–H and O–H groups in total. The Balaban J connectivity index is 2.60. The number of aryl methyl sites for hydroxylation is 3. The van der Waals surface area contributed by atoms with Gasteiger partial charge < -0.3 is 9.47 Å². The van der Waals surface area contributed by atoms with Crippen molar-refractivity contribution in [3.63, 3.8) is 0 Å². The molecule has 20 heavy (non-hydrogen) atoms. The molecule has 0 bridgehead atoms. The molecule has 1 aromatic heterocycles. The van der Waals surface area contributed by atoms with Crippen LogP contribution in [0.2, 0.25) is 0 Å². The Bertz CT molecular complexity index is 493. The minimum Gasteiger partial charge on any atom is -0.431 e. The summed E-state index contributed by atoms with van der Waals surface area (Å²) < 4.78 is 10.3. The van der Waals surface area contributed by atoms with Crippen LogP contribution in [0.5, 0.6) is 0 Å². The summed E-state index contributed by atoms with van der Waals surface area (Å²) in [6.07, 6.45) is -0.895. The second-order valence-electron chi connectivity index (χ2n) is 6.09. The van der Waals surface area contributed by atoms with E-state index in [1.54, 1.807) is 0 Å². The van der Waals surface area contributed by atoms with Gasteiger partial charge in [-0.1, -0.05) is 20.8 Å². The van der Waals surface area contributed by atoms with Crippen molar-refractivity contribution in [3.05, 3.63) is 22.8 Å². The van der Waals surface area contributed by atoms with E-state index in [0.29, 0.717) is 5.69 Å². The fourth-order valence-electron chi connectivity index (χ4n) is 1.38. The third kappa shape index (κ3) is 4.47. The van der Waals surface area contributed by atoms with Gasteiger partial charge in [-0.05, 0) is 33.1 Å². The lowest BCUT2D eigenvalue weighted by Gasteiger charge is -2.26. The number of hydrogen-bond donors (Lipinski definition) is 0. The summed E-state index contributed by atoms with van der Waals surface area (Å²) in [6, 6.07) is 0. The Morgan fingerprint density at radius 3 is 2.20 bits per heavy atom. The first-order valence-electron chi connectivity index (χ1n) is 6.75. The molecule has 1 atom stereocenters. The highest BCUT2D eigenvalue weighted by molar-refractivity contribution is 5.60. The monoisotopic (exact) mass is 280 g/mol. The summed E-state index contributed by atoms with van der Waals surface area (Å²) in [5.41, 5.74) is 3.04. The maximum atomic E-state index is 11.6. The van der Waals surface area contributed by atoms with E-state index in [1.807, 2.05) is 48.5 Å². The lowest BCUT2D eigenvalue weighted by Crippen LogP contribution is -2.29. The maximum absolute atomic E-state index is 11.6. The molecule has 0 aliphatic heterocycles. The summed E-state index contributed by atoms with van der Waals surface area (Å²) in [5.74, 6) is 0. The molecule has 5 nitrogen and oxygen atoms in total. The highest BCUT2D eigenvalue weighted by Crippen LogP contribution is 2.22. The minimum absolute atomic E-state index is 0.0790. The molecule has 0 saturated heterocycles. The van der Waals surface area contributed by atoms with Gasteiger partial charge in [-0.25, -0.2) is 4.79 Å². The SMILES string of the molecule is Cc1nc(C)c(COC(=O)OC(C)C(C)(C)C)nc1C. The minimum atomic E-state index is -0.674. The van der Waals surface area contributed by atoms with Gasteiger partial charge in [0.25, 0.3) is 0 Å². The van der Waals surface area contributed by atoms with Gasteiger partial charge in [-0.3, -0.25) is 9.97 Å². The van der Waals surface area contributed by atoms with Gasteiger partial charge in [0, 0.05) is 0 Å². The molecule has 0 aliphatic rings. The molecule has 1 rings (SSSR count). The van der Waals surface area contributed by atoms with Gasteiger partial charge in [0.15, 0.2) is 0 Å². The van der Waals surface area contributed by atoms with Crippen LogP contribution in [-0.4, -0.2) is 22.2 Å². The second-order valence-corrected chi connectivity index (χ2v) is 6.09. The van der Waals surface area contributed by atoms with Crippen molar-refractivity contribution in [2.45, 2.75) is 61.2 Å². The zero-order valence-electron chi connectivity index (χ0n) is 13.4. The molecule has 0 amide bonds. The second kappa shape index (κ2) is 6.20. The number of hydrogen-bond acceptors (Lipinski definition) is 5. The molecular weight excluding hydrogens is 256 g/mol. The van der Waals surface area contributed by atoms with Gasteiger partial charge in [0.2, 0.25) is 0 Å². The smallest absolute Gasteiger partial charge is 0.431 e. The number of carbonyl (C=O) groups is 1. The van der Waals surface area contributed by atoms with Crippen LogP contribution < -0.4 is 0 Å². The molecule has 0 spiro atoms. The van der Waals surface area contributed by atoms with Gasteiger partial charge in [-0.2, -0.15) is 0 Å². The lowest BCUT2D eigenvalue weighted by atomic mass is 9.90. The molecule has 112 valence electrons. The van der Waals surface area contributed by atoms with Gasteiger partial charge in [0.1, 0.15) is 12.7 Å². The Morgan fingerprint density at radius 1 is 1.10 bits per heavy atom. The molecule has 0 aliphatic carbocycles. The number of nitrogens with zero attached hydrogens (tertiary/aromatic N) is 2. The summed E-state index contributed by atoms with van der Waals surface area (Å²) in [4.78, 5) is 20.4. The van der Waals surface area contributed by atoms with E-state index in [1.165, 1.54) is 0 Å². The van der Waals surface area contributed by atoms with Crippen molar-refractivity contribution >= 4 is 6.16 Å². The standard InChI is InChI=1S/C15H24N2O3/c1-9-10(2)17-13(11(3)16-9)8-19-14(18)20-12(4)15(5,6)7/h12H,8H2,1-7H3. The quantitative estimate of drug-likeness (QED) is 0.793. The van der Waals surface area contributed by atoms with E-state index in [9.17, 15) is 4.79 Å². The average Bonchev–Trinajstić information content (AvgIpc) is 2.31. The van der Waals surface area contributed by atoms with E-state index in [2.05, 4.69) is 9.97 Å². The van der Waals surface area contributed by atoms with E-state index in [-0.39, 0.29) is 18.1 Å². The maximum Gasteiger partial charge on any atom is 0.508 e. The molecule has 0 fully saturated rings. The lowest BCUT2D eigenvalue weighted by molar-refractivity contribution is -0.0123. The van der Waals surface area contributed by atoms with Gasteiger partial charge >= 0.3 is 6.16 Å². The first kappa shape index (κ1) is 16.4. The van der Waals surface area contributed by atoms with Crippen molar-refractivity contribution in [3.8, 4) is 0 Å². The topological polar surface area (TPSA) is 61.3 Å². The van der Waals surface area contributed by atoms with Crippen molar-refractivity contribution in [1.82, 2.24) is 9.97 Å². The van der Waals surface area contributed by atoms with Crippen LogP contribution in [0.15, 0.2) is 0 Å². The fourth-order valence-corrected chi connectivity index (χ4v) is 1.38.